The number of benzene rings is 1. The standard InChI is InChI=1S/C11H11BrN2O3S2/c1-7-5-13-11(18-7)14-19(16,17)10-3-2-8(6-15)4-9(10)12/h2-5,15H,6H2,1H3,(H,13,14). The Morgan fingerprint density at radius 1 is 1.47 bits per heavy atom. The highest BCUT2D eigenvalue weighted by Crippen LogP contribution is 2.26. The van der Waals surface area contributed by atoms with Gasteiger partial charge in [0.15, 0.2) is 5.13 Å². The van der Waals surface area contributed by atoms with Crippen LogP contribution in [0.2, 0.25) is 0 Å². The van der Waals surface area contributed by atoms with Gasteiger partial charge in [-0.1, -0.05) is 6.07 Å². The van der Waals surface area contributed by atoms with Crippen molar-refractivity contribution in [3.05, 3.63) is 39.3 Å². The van der Waals surface area contributed by atoms with E-state index in [0.29, 0.717) is 15.2 Å². The van der Waals surface area contributed by atoms with Crippen LogP contribution < -0.4 is 4.72 Å². The molecule has 0 saturated carbocycles. The van der Waals surface area contributed by atoms with Crippen molar-refractivity contribution in [2.45, 2.75) is 18.4 Å². The molecular weight excluding hydrogens is 352 g/mol. The summed E-state index contributed by atoms with van der Waals surface area (Å²) in [5, 5.41) is 9.33. The summed E-state index contributed by atoms with van der Waals surface area (Å²) in [6.45, 7) is 1.71. The lowest BCUT2D eigenvalue weighted by Gasteiger charge is -2.08. The molecule has 1 aromatic carbocycles. The van der Waals surface area contributed by atoms with Crippen molar-refractivity contribution in [3.63, 3.8) is 0 Å². The Balaban J connectivity index is 2.34. The molecule has 0 spiro atoms. The van der Waals surface area contributed by atoms with Crippen LogP contribution in [0, 0.1) is 6.92 Å². The summed E-state index contributed by atoms with van der Waals surface area (Å²) in [6.07, 6.45) is 1.60. The fourth-order valence-electron chi connectivity index (χ4n) is 1.43. The van der Waals surface area contributed by atoms with Crippen LogP contribution in [0.15, 0.2) is 33.8 Å². The highest BCUT2D eigenvalue weighted by Gasteiger charge is 2.19. The molecule has 0 unspecified atom stereocenters. The van der Waals surface area contributed by atoms with E-state index >= 15 is 0 Å². The molecule has 19 heavy (non-hydrogen) atoms. The average molecular weight is 363 g/mol. The molecule has 1 heterocycles. The quantitative estimate of drug-likeness (QED) is 0.875. The van der Waals surface area contributed by atoms with Crippen LogP contribution in [0.4, 0.5) is 5.13 Å². The first-order chi connectivity index (χ1) is 8.92. The first-order valence-electron chi connectivity index (χ1n) is 5.27. The maximum atomic E-state index is 12.2. The Labute approximate surface area is 123 Å². The Kier molecular flexibility index (Phi) is 4.24. The minimum Gasteiger partial charge on any atom is -0.392 e. The molecular formula is C11H11BrN2O3S2. The van der Waals surface area contributed by atoms with Crippen molar-refractivity contribution < 1.29 is 13.5 Å². The van der Waals surface area contributed by atoms with Crippen LogP contribution in [-0.2, 0) is 16.6 Å². The summed E-state index contributed by atoms with van der Waals surface area (Å²) < 4.78 is 27.2. The number of thiazole rings is 1. The van der Waals surface area contributed by atoms with Gasteiger partial charge >= 0.3 is 0 Å². The van der Waals surface area contributed by atoms with Crippen molar-refractivity contribution >= 4 is 42.4 Å². The molecule has 2 aromatic rings. The van der Waals surface area contributed by atoms with Gasteiger partial charge in [-0.3, -0.25) is 4.72 Å². The average Bonchev–Trinajstić information content (AvgIpc) is 2.73. The number of hydrogen-bond acceptors (Lipinski definition) is 5. The Bertz CT molecular complexity index is 698. The third kappa shape index (κ3) is 3.33. The molecule has 0 saturated heterocycles. The lowest BCUT2D eigenvalue weighted by atomic mass is 10.2. The van der Waals surface area contributed by atoms with Gasteiger partial charge in [0.05, 0.1) is 6.61 Å². The minimum atomic E-state index is -3.69. The van der Waals surface area contributed by atoms with Gasteiger partial charge in [-0.25, -0.2) is 13.4 Å². The summed E-state index contributed by atoms with van der Waals surface area (Å²) in [7, 11) is -3.69. The number of aliphatic hydroxyl groups is 1. The zero-order chi connectivity index (χ0) is 14.0. The molecule has 5 nitrogen and oxygen atoms in total. The maximum absolute atomic E-state index is 12.2. The number of anilines is 1. The second-order valence-corrected chi connectivity index (χ2v) is 7.54. The van der Waals surface area contributed by atoms with E-state index < -0.39 is 10.0 Å². The van der Waals surface area contributed by atoms with Crippen LogP contribution in [-0.4, -0.2) is 18.5 Å². The van der Waals surface area contributed by atoms with Gasteiger partial charge in [-0.05, 0) is 40.5 Å². The van der Waals surface area contributed by atoms with Gasteiger partial charge in [-0.15, -0.1) is 11.3 Å². The smallest absolute Gasteiger partial charge is 0.264 e. The summed E-state index contributed by atoms with van der Waals surface area (Å²) in [6, 6.07) is 4.58. The van der Waals surface area contributed by atoms with E-state index in [1.54, 1.807) is 18.3 Å². The van der Waals surface area contributed by atoms with Gasteiger partial charge in [0.25, 0.3) is 10.0 Å². The fourth-order valence-corrected chi connectivity index (χ4v) is 4.46. The van der Waals surface area contributed by atoms with Gasteiger partial charge in [0, 0.05) is 15.5 Å². The van der Waals surface area contributed by atoms with E-state index in [9.17, 15) is 8.42 Å². The van der Waals surface area contributed by atoms with Crippen LogP contribution >= 0.6 is 27.3 Å². The molecule has 0 atom stereocenters. The van der Waals surface area contributed by atoms with Crippen molar-refractivity contribution in [3.8, 4) is 0 Å². The largest absolute Gasteiger partial charge is 0.392 e. The molecule has 0 aliphatic rings. The van der Waals surface area contributed by atoms with Crippen LogP contribution in [0.5, 0.6) is 0 Å². The number of halogens is 1. The van der Waals surface area contributed by atoms with E-state index in [0.717, 1.165) is 4.88 Å². The lowest BCUT2D eigenvalue weighted by molar-refractivity contribution is 0.281. The molecule has 0 radical (unpaired) electrons. The highest BCUT2D eigenvalue weighted by molar-refractivity contribution is 9.10. The first kappa shape index (κ1) is 14.4. The first-order valence-corrected chi connectivity index (χ1v) is 8.36. The number of rotatable bonds is 4. The second-order valence-electron chi connectivity index (χ2n) is 3.80. The number of nitrogens with zero attached hydrogens (tertiary/aromatic N) is 1. The topological polar surface area (TPSA) is 79.3 Å². The van der Waals surface area contributed by atoms with Crippen LogP contribution in [0.3, 0.4) is 0 Å². The zero-order valence-electron chi connectivity index (χ0n) is 9.92. The third-order valence-corrected chi connectivity index (χ3v) is 5.58. The van der Waals surface area contributed by atoms with Crippen molar-refractivity contribution in [2.75, 3.05) is 4.72 Å². The Hall–Kier alpha value is -0.960. The number of aromatic nitrogens is 1. The summed E-state index contributed by atoms with van der Waals surface area (Å²) in [5.41, 5.74) is 0.635. The summed E-state index contributed by atoms with van der Waals surface area (Å²) >= 11 is 4.46. The van der Waals surface area contributed by atoms with Gasteiger partial charge < -0.3 is 5.11 Å². The van der Waals surface area contributed by atoms with Crippen LogP contribution in [0.25, 0.3) is 0 Å². The maximum Gasteiger partial charge on any atom is 0.264 e. The number of aryl methyl sites for hydroxylation is 1. The fraction of sp³-hybridized carbons (Fsp3) is 0.182. The number of hydrogen-bond donors (Lipinski definition) is 2. The van der Waals surface area contributed by atoms with Gasteiger partial charge in [0.1, 0.15) is 4.90 Å². The number of aliphatic hydroxyl groups excluding tert-OH is 1. The molecule has 1 aromatic heterocycles. The lowest BCUT2D eigenvalue weighted by Crippen LogP contribution is -2.13. The molecule has 0 bridgehead atoms. The molecule has 102 valence electrons. The Morgan fingerprint density at radius 3 is 2.74 bits per heavy atom. The number of sulfonamides is 1. The molecule has 2 rings (SSSR count). The molecule has 0 amide bonds. The monoisotopic (exact) mass is 362 g/mol. The Morgan fingerprint density at radius 2 is 2.21 bits per heavy atom. The van der Waals surface area contributed by atoms with E-state index in [4.69, 9.17) is 5.11 Å². The van der Waals surface area contributed by atoms with Crippen molar-refractivity contribution in [1.29, 1.82) is 0 Å². The van der Waals surface area contributed by atoms with Crippen LogP contribution in [0.1, 0.15) is 10.4 Å². The highest BCUT2D eigenvalue weighted by atomic mass is 79.9. The molecule has 2 N–H and O–H groups in total. The third-order valence-electron chi connectivity index (χ3n) is 2.31. The summed E-state index contributed by atoms with van der Waals surface area (Å²) in [5.74, 6) is 0. The van der Waals surface area contributed by atoms with Gasteiger partial charge in [-0.2, -0.15) is 0 Å². The van der Waals surface area contributed by atoms with Gasteiger partial charge in [0.2, 0.25) is 0 Å². The second kappa shape index (κ2) is 5.58. The van der Waals surface area contributed by atoms with E-state index in [1.165, 1.54) is 17.4 Å². The predicted molar refractivity (Wildman–Crippen MR) is 77.7 cm³/mol. The molecule has 0 aliphatic carbocycles. The van der Waals surface area contributed by atoms with E-state index in [1.807, 2.05) is 6.92 Å². The number of nitrogens with one attached hydrogen (secondary N) is 1. The molecule has 0 fully saturated rings. The van der Waals surface area contributed by atoms with Crippen molar-refractivity contribution in [1.82, 2.24) is 4.98 Å². The predicted octanol–water partition coefficient (Wildman–Crippen LogP) is 2.51. The van der Waals surface area contributed by atoms with E-state index in [-0.39, 0.29) is 11.5 Å². The molecule has 8 heteroatoms. The zero-order valence-corrected chi connectivity index (χ0v) is 13.1. The van der Waals surface area contributed by atoms with Crippen molar-refractivity contribution in [2.24, 2.45) is 0 Å². The molecule has 0 aliphatic heterocycles. The summed E-state index contributed by atoms with van der Waals surface area (Å²) in [4.78, 5) is 5.00. The minimum absolute atomic E-state index is 0.109. The van der Waals surface area contributed by atoms with E-state index in [2.05, 4.69) is 25.6 Å². The SMILES string of the molecule is Cc1cnc(NS(=O)(=O)c2ccc(CO)cc2Br)s1. The normalized spacial score (nSPS) is 11.5.